The summed E-state index contributed by atoms with van der Waals surface area (Å²) in [5.74, 6) is 1.02. The van der Waals surface area contributed by atoms with Gasteiger partial charge in [0.25, 0.3) is 0 Å². The number of carbonyl (C=O) groups is 1. The van der Waals surface area contributed by atoms with Crippen LogP contribution in [0.15, 0.2) is 35.5 Å². The Bertz CT molecular complexity index is 952. The van der Waals surface area contributed by atoms with Crippen molar-refractivity contribution in [3.8, 4) is 0 Å². The second-order valence-electron chi connectivity index (χ2n) is 7.25. The zero-order valence-electron chi connectivity index (χ0n) is 15.2. The number of amides is 1. The van der Waals surface area contributed by atoms with Gasteiger partial charge in [-0.15, -0.1) is 10.2 Å². The number of hydrogen-bond acceptors (Lipinski definition) is 4. The molecular formula is C20H24N4OS. The minimum absolute atomic E-state index is 0.0851. The van der Waals surface area contributed by atoms with Gasteiger partial charge in [0.1, 0.15) is 0 Å². The number of pyridine rings is 1. The molecule has 2 aromatic heterocycles. The van der Waals surface area contributed by atoms with E-state index in [-0.39, 0.29) is 5.91 Å². The number of hydrogen-bond donors (Lipinski definition) is 1. The maximum Gasteiger partial charge on any atom is 0.230 e. The highest BCUT2D eigenvalue weighted by atomic mass is 32.2. The van der Waals surface area contributed by atoms with Crippen molar-refractivity contribution in [1.29, 1.82) is 0 Å². The summed E-state index contributed by atoms with van der Waals surface area (Å²) in [4.78, 5) is 12.4. The normalized spacial score (nSPS) is 20.5. The smallest absolute Gasteiger partial charge is 0.230 e. The molecule has 0 saturated heterocycles. The molecule has 4 rings (SSSR count). The average molecular weight is 369 g/mol. The summed E-state index contributed by atoms with van der Waals surface area (Å²) in [5, 5.41) is 13.8. The van der Waals surface area contributed by atoms with Gasteiger partial charge in [-0.2, -0.15) is 0 Å². The molecule has 1 aliphatic carbocycles. The molecule has 26 heavy (non-hydrogen) atoms. The van der Waals surface area contributed by atoms with E-state index < -0.39 is 0 Å². The van der Waals surface area contributed by atoms with Gasteiger partial charge in [-0.05, 0) is 43.4 Å². The maximum absolute atomic E-state index is 12.4. The van der Waals surface area contributed by atoms with Crippen molar-refractivity contribution >= 4 is 34.2 Å². The Hall–Kier alpha value is -2.08. The lowest BCUT2D eigenvalue weighted by Crippen LogP contribution is -2.41. The molecule has 1 saturated carbocycles. The number of nitrogens with one attached hydrogen (secondary N) is 1. The van der Waals surface area contributed by atoms with E-state index in [0.29, 0.717) is 17.7 Å². The Morgan fingerprint density at radius 1 is 1.27 bits per heavy atom. The van der Waals surface area contributed by atoms with E-state index in [1.807, 2.05) is 22.6 Å². The monoisotopic (exact) mass is 368 g/mol. The molecule has 1 N–H and O–H groups in total. The van der Waals surface area contributed by atoms with Crippen LogP contribution in [0.5, 0.6) is 0 Å². The van der Waals surface area contributed by atoms with Gasteiger partial charge in [-0.3, -0.25) is 9.20 Å². The van der Waals surface area contributed by atoms with E-state index in [4.69, 9.17) is 0 Å². The molecule has 0 bridgehead atoms. The fourth-order valence-corrected chi connectivity index (χ4v) is 4.64. The molecule has 1 aliphatic rings. The van der Waals surface area contributed by atoms with Crippen molar-refractivity contribution in [2.45, 2.75) is 50.7 Å². The fourth-order valence-electron chi connectivity index (χ4n) is 3.88. The number of aryl methyl sites for hydroxylation is 1. The number of thioether (sulfide) groups is 1. The molecule has 0 radical (unpaired) electrons. The van der Waals surface area contributed by atoms with Crippen molar-refractivity contribution in [2.24, 2.45) is 5.92 Å². The third kappa shape index (κ3) is 3.30. The zero-order valence-corrected chi connectivity index (χ0v) is 16.1. The molecule has 0 aliphatic heterocycles. The number of fused-ring (bicyclic) bond motifs is 3. The van der Waals surface area contributed by atoms with Crippen LogP contribution in [-0.2, 0) is 4.79 Å². The van der Waals surface area contributed by atoms with Crippen LogP contribution in [0.3, 0.4) is 0 Å². The van der Waals surface area contributed by atoms with Crippen LogP contribution < -0.4 is 5.32 Å². The lowest BCUT2D eigenvalue weighted by molar-refractivity contribution is -0.119. The van der Waals surface area contributed by atoms with Crippen LogP contribution in [0.4, 0.5) is 0 Å². The molecule has 1 amide bonds. The average Bonchev–Trinajstić information content (AvgIpc) is 3.05. The second kappa shape index (κ2) is 7.27. The van der Waals surface area contributed by atoms with Crippen LogP contribution >= 0.6 is 11.8 Å². The fraction of sp³-hybridized carbons (Fsp3) is 0.450. The van der Waals surface area contributed by atoms with Crippen LogP contribution in [-0.4, -0.2) is 32.3 Å². The van der Waals surface area contributed by atoms with Crippen LogP contribution in [0, 0.1) is 12.8 Å². The number of rotatable bonds is 4. The van der Waals surface area contributed by atoms with Crippen LogP contribution in [0.25, 0.3) is 16.6 Å². The summed E-state index contributed by atoms with van der Waals surface area (Å²) >= 11 is 1.45. The first-order valence-electron chi connectivity index (χ1n) is 9.29. The SMILES string of the molecule is Cc1cc2nnc(SCC(=O)N[C@H]3CCCC[C@@H]3C)n2c2ccccc12. The van der Waals surface area contributed by atoms with E-state index >= 15 is 0 Å². The first-order valence-corrected chi connectivity index (χ1v) is 10.3. The lowest BCUT2D eigenvalue weighted by Gasteiger charge is -2.29. The summed E-state index contributed by atoms with van der Waals surface area (Å²) in [6.07, 6.45) is 4.79. The first kappa shape index (κ1) is 17.3. The molecule has 3 aromatic rings. The second-order valence-corrected chi connectivity index (χ2v) is 8.19. The largest absolute Gasteiger partial charge is 0.352 e. The first-order chi connectivity index (χ1) is 12.6. The van der Waals surface area contributed by atoms with Gasteiger partial charge in [0, 0.05) is 11.4 Å². The van der Waals surface area contributed by atoms with Crippen molar-refractivity contribution < 1.29 is 4.79 Å². The van der Waals surface area contributed by atoms with Gasteiger partial charge in [-0.1, -0.05) is 49.7 Å². The predicted octanol–water partition coefficient (Wildman–Crippen LogP) is 3.98. The van der Waals surface area contributed by atoms with Gasteiger partial charge in [-0.25, -0.2) is 0 Å². The Labute approximate surface area is 157 Å². The van der Waals surface area contributed by atoms with Gasteiger partial charge in [0.15, 0.2) is 10.8 Å². The molecule has 5 nitrogen and oxygen atoms in total. The molecule has 136 valence electrons. The molecule has 1 fully saturated rings. The Morgan fingerprint density at radius 2 is 2.08 bits per heavy atom. The predicted molar refractivity (Wildman–Crippen MR) is 106 cm³/mol. The van der Waals surface area contributed by atoms with E-state index in [1.54, 1.807) is 0 Å². The van der Waals surface area contributed by atoms with E-state index in [9.17, 15) is 4.79 Å². The van der Waals surface area contributed by atoms with Crippen molar-refractivity contribution in [1.82, 2.24) is 19.9 Å². The van der Waals surface area contributed by atoms with E-state index in [1.165, 1.54) is 42.0 Å². The highest BCUT2D eigenvalue weighted by molar-refractivity contribution is 7.99. The van der Waals surface area contributed by atoms with Gasteiger partial charge < -0.3 is 5.32 Å². The standard InChI is InChI=1S/C20H24N4OS/c1-13-7-3-5-9-16(13)21-19(25)12-26-20-23-22-18-11-14(2)15-8-4-6-10-17(15)24(18)20/h4,6,8,10-11,13,16H,3,5,7,9,12H2,1-2H3,(H,21,25)/t13-,16-/m0/s1. The molecule has 0 unspecified atom stereocenters. The highest BCUT2D eigenvalue weighted by Crippen LogP contribution is 2.26. The third-order valence-electron chi connectivity index (χ3n) is 5.36. The van der Waals surface area contributed by atoms with E-state index in [0.717, 1.165) is 22.7 Å². The zero-order chi connectivity index (χ0) is 18.1. The molecule has 6 heteroatoms. The van der Waals surface area contributed by atoms with Crippen molar-refractivity contribution in [3.05, 3.63) is 35.9 Å². The lowest BCUT2D eigenvalue weighted by atomic mass is 9.86. The molecular weight excluding hydrogens is 344 g/mol. The third-order valence-corrected chi connectivity index (χ3v) is 6.29. The summed E-state index contributed by atoms with van der Waals surface area (Å²) in [5.41, 5.74) is 3.09. The number of para-hydroxylation sites is 1. The summed E-state index contributed by atoms with van der Waals surface area (Å²) in [7, 11) is 0. The summed E-state index contributed by atoms with van der Waals surface area (Å²) in [6, 6.07) is 10.6. The number of benzene rings is 1. The minimum Gasteiger partial charge on any atom is -0.352 e. The minimum atomic E-state index is 0.0851. The molecule has 1 aromatic carbocycles. The number of aromatic nitrogens is 3. The highest BCUT2D eigenvalue weighted by Gasteiger charge is 2.23. The van der Waals surface area contributed by atoms with Crippen LogP contribution in [0.2, 0.25) is 0 Å². The number of nitrogens with zero attached hydrogens (tertiary/aromatic N) is 3. The molecule has 0 spiro atoms. The Balaban J connectivity index is 1.52. The maximum atomic E-state index is 12.4. The van der Waals surface area contributed by atoms with Gasteiger partial charge >= 0.3 is 0 Å². The van der Waals surface area contributed by atoms with Crippen molar-refractivity contribution in [3.63, 3.8) is 0 Å². The van der Waals surface area contributed by atoms with E-state index in [2.05, 4.69) is 41.5 Å². The topological polar surface area (TPSA) is 59.3 Å². The molecule has 2 heterocycles. The Kier molecular flexibility index (Phi) is 4.85. The van der Waals surface area contributed by atoms with Crippen molar-refractivity contribution in [2.75, 3.05) is 5.75 Å². The summed E-state index contributed by atoms with van der Waals surface area (Å²) in [6.45, 7) is 4.32. The molecule has 2 atom stereocenters. The number of carbonyl (C=O) groups excluding carboxylic acids is 1. The van der Waals surface area contributed by atoms with Gasteiger partial charge in [0.05, 0.1) is 11.3 Å². The Morgan fingerprint density at radius 3 is 2.92 bits per heavy atom. The quantitative estimate of drug-likeness (QED) is 0.708. The van der Waals surface area contributed by atoms with Crippen LogP contribution in [0.1, 0.15) is 38.2 Å². The summed E-state index contributed by atoms with van der Waals surface area (Å²) < 4.78 is 2.05. The van der Waals surface area contributed by atoms with Gasteiger partial charge in [0.2, 0.25) is 5.91 Å².